The molecular weight excluding hydrogens is 454 g/mol. The molecule has 0 spiro atoms. The zero-order valence-corrected chi connectivity index (χ0v) is 20.5. The van der Waals surface area contributed by atoms with Crippen LogP contribution in [0.25, 0.3) is 0 Å². The minimum absolute atomic E-state index is 0.183. The average molecular weight is 488 g/mol. The minimum Gasteiger partial charge on any atom is -0.451 e. The number of amides is 1. The number of aromatic nitrogens is 1. The van der Waals surface area contributed by atoms with Crippen molar-refractivity contribution < 1.29 is 22.7 Å². The molecule has 1 aliphatic rings. The zero-order chi connectivity index (χ0) is 24.6. The Labute approximate surface area is 201 Å². The first-order valence-electron chi connectivity index (χ1n) is 11.7. The number of piperidine rings is 1. The summed E-state index contributed by atoms with van der Waals surface area (Å²) in [7, 11) is -3.73. The second-order valence-electron chi connectivity index (χ2n) is 8.69. The topological polar surface area (TPSA) is 106 Å². The van der Waals surface area contributed by atoms with Gasteiger partial charge in [-0.2, -0.15) is 4.31 Å². The van der Waals surface area contributed by atoms with Gasteiger partial charge in [-0.15, -0.1) is 0 Å². The highest BCUT2D eigenvalue weighted by atomic mass is 32.2. The molecule has 1 saturated heterocycles. The molecule has 1 fully saturated rings. The molecule has 1 aromatic carbocycles. The van der Waals surface area contributed by atoms with Crippen LogP contribution in [0.4, 0.5) is 0 Å². The third kappa shape index (κ3) is 6.87. The largest absolute Gasteiger partial charge is 0.451 e. The highest BCUT2D eigenvalue weighted by Crippen LogP contribution is 2.25. The monoisotopic (exact) mass is 487 g/mol. The Hall–Kier alpha value is -2.78. The van der Waals surface area contributed by atoms with Gasteiger partial charge in [0.05, 0.1) is 5.75 Å². The van der Waals surface area contributed by atoms with Crippen molar-refractivity contribution in [2.45, 2.75) is 64.0 Å². The van der Waals surface area contributed by atoms with E-state index in [1.165, 1.54) is 4.31 Å². The summed E-state index contributed by atoms with van der Waals surface area (Å²) in [6.45, 7) is 4.28. The number of sulfonamides is 1. The molecule has 0 bridgehead atoms. The molecule has 1 amide bonds. The van der Waals surface area contributed by atoms with E-state index in [0.29, 0.717) is 24.8 Å². The van der Waals surface area contributed by atoms with Gasteiger partial charge in [-0.05, 0) is 42.9 Å². The lowest BCUT2D eigenvalue weighted by molar-refractivity contribution is -0.163. The summed E-state index contributed by atoms with van der Waals surface area (Å²) >= 11 is 0. The van der Waals surface area contributed by atoms with E-state index in [2.05, 4.69) is 10.3 Å². The van der Waals surface area contributed by atoms with E-state index in [-0.39, 0.29) is 24.8 Å². The maximum atomic E-state index is 13.2. The highest BCUT2D eigenvalue weighted by molar-refractivity contribution is 7.88. The average Bonchev–Trinajstić information content (AvgIpc) is 2.86. The first-order valence-corrected chi connectivity index (χ1v) is 13.3. The standard InChI is InChI=1S/C25H33N3O5S/c1-3-19(2)23(24(29)27-17-21-12-9-14-26-16-21)33-25(30)22-13-7-8-15-28(22)34(31,32)18-20-10-5-4-6-11-20/h4-6,9-12,14,16,19,22-23H,3,7-8,13,15,17-18H2,1-2H3,(H,27,29)/t19-,22?,23-/m0/s1. The van der Waals surface area contributed by atoms with Crippen LogP contribution in [0.1, 0.15) is 50.7 Å². The number of rotatable bonds is 10. The van der Waals surface area contributed by atoms with Gasteiger partial charge in [0.25, 0.3) is 5.91 Å². The predicted octanol–water partition coefficient (Wildman–Crippen LogP) is 3.04. The van der Waals surface area contributed by atoms with Crippen LogP contribution < -0.4 is 5.32 Å². The van der Waals surface area contributed by atoms with E-state index in [0.717, 1.165) is 12.0 Å². The second kappa shape index (κ2) is 12.1. The summed E-state index contributed by atoms with van der Waals surface area (Å²) < 4.78 is 33.3. The second-order valence-corrected chi connectivity index (χ2v) is 10.6. The third-order valence-electron chi connectivity index (χ3n) is 6.13. The van der Waals surface area contributed by atoms with Crippen molar-refractivity contribution in [3.05, 3.63) is 66.0 Å². The quantitative estimate of drug-likeness (QED) is 0.517. The number of benzene rings is 1. The van der Waals surface area contributed by atoms with Gasteiger partial charge < -0.3 is 10.1 Å². The fourth-order valence-corrected chi connectivity index (χ4v) is 5.75. The fourth-order valence-electron chi connectivity index (χ4n) is 3.98. The number of hydrogen-bond acceptors (Lipinski definition) is 6. The Morgan fingerprint density at radius 2 is 1.88 bits per heavy atom. The SMILES string of the molecule is CC[C@H](C)[C@H](OC(=O)C1CCCCN1S(=O)(=O)Cc1ccccc1)C(=O)NCc1cccnc1. The minimum atomic E-state index is -3.73. The fraction of sp³-hybridized carbons (Fsp3) is 0.480. The molecule has 1 N–H and O–H groups in total. The molecule has 0 aliphatic carbocycles. The molecule has 184 valence electrons. The number of nitrogens with one attached hydrogen (secondary N) is 1. The number of carbonyl (C=O) groups excluding carboxylic acids is 2. The Morgan fingerprint density at radius 3 is 2.56 bits per heavy atom. The van der Waals surface area contributed by atoms with Crippen LogP contribution in [0.5, 0.6) is 0 Å². The number of hydrogen-bond donors (Lipinski definition) is 1. The highest BCUT2D eigenvalue weighted by Gasteiger charge is 2.40. The summed E-state index contributed by atoms with van der Waals surface area (Å²) in [6.07, 6.45) is 4.70. The number of nitrogens with zero attached hydrogens (tertiary/aromatic N) is 2. The Morgan fingerprint density at radius 1 is 1.15 bits per heavy atom. The summed E-state index contributed by atoms with van der Waals surface area (Å²) in [5, 5.41) is 2.81. The maximum Gasteiger partial charge on any atom is 0.325 e. The number of pyridine rings is 1. The van der Waals surface area contributed by atoms with Crippen molar-refractivity contribution in [1.29, 1.82) is 0 Å². The maximum absolute atomic E-state index is 13.2. The van der Waals surface area contributed by atoms with E-state index in [1.54, 1.807) is 42.7 Å². The first-order chi connectivity index (χ1) is 16.3. The van der Waals surface area contributed by atoms with E-state index in [1.807, 2.05) is 26.0 Å². The smallest absolute Gasteiger partial charge is 0.325 e. The molecule has 1 unspecified atom stereocenters. The van der Waals surface area contributed by atoms with E-state index in [4.69, 9.17) is 4.74 Å². The third-order valence-corrected chi connectivity index (χ3v) is 7.98. The van der Waals surface area contributed by atoms with E-state index < -0.39 is 34.0 Å². The summed E-state index contributed by atoms with van der Waals surface area (Å²) in [6, 6.07) is 11.6. The van der Waals surface area contributed by atoms with Gasteiger partial charge in [-0.1, -0.05) is 50.2 Å². The number of ether oxygens (including phenoxy) is 1. The van der Waals surface area contributed by atoms with E-state index in [9.17, 15) is 18.0 Å². The molecule has 2 heterocycles. The van der Waals surface area contributed by atoms with Crippen LogP contribution in [0, 0.1) is 5.92 Å². The van der Waals surface area contributed by atoms with Gasteiger partial charge in [0.15, 0.2) is 6.10 Å². The molecule has 9 heteroatoms. The predicted molar refractivity (Wildman–Crippen MR) is 129 cm³/mol. The number of esters is 1. The molecule has 0 radical (unpaired) electrons. The van der Waals surface area contributed by atoms with Gasteiger partial charge in [0.1, 0.15) is 6.04 Å². The van der Waals surface area contributed by atoms with Gasteiger partial charge in [0, 0.05) is 31.4 Å². The molecule has 34 heavy (non-hydrogen) atoms. The number of carbonyl (C=O) groups is 2. The summed E-state index contributed by atoms with van der Waals surface area (Å²) in [4.78, 5) is 30.1. The summed E-state index contributed by atoms with van der Waals surface area (Å²) in [5.41, 5.74) is 1.49. The van der Waals surface area contributed by atoms with Crippen molar-refractivity contribution in [2.75, 3.05) is 6.54 Å². The molecule has 2 aromatic rings. The molecule has 1 aromatic heterocycles. The van der Waals surface area contributed by atoms with Crippen molar-refractivity contribution in [2.24, 2.45) is 5.92 Å². The van der Waals surface area contributed by atoms with Gasteiger partial charge >= 0.3 is 5.97 Å². The first kappa shape index (κ1) is 25.8. The lowest BCUT2D eigenvalue weighted by Crippen LogP contribution is -2.51. The molecule has 0 saturated carbocycles. The van der Waals surface area contributed by atoms with Crippen LogP contribution in [0.3, 0.4) is 0 Å². The van der Waals surface area contributed by atoms with Crippen molar-refractivity contribution >= 4 is 21.9 Å². The van der Waals surface area contributed by atoms with Crippen LogP contribution in [-0.4, -0.2) is 48.3 Å². The van der Waals surface area contributed by atoms with Gasteiger partial charge in [0.2, 0.25) is 10.0 Å². The van der Waals surface area contributed by atoms with Crippen LogP contribution >= 0.6 is 0 Å². The molecular formula is C25H33N3O5S. The summed E-state index contributed by atoms with van der Waals surface area (Å²) in [5.74, 6) is -1.48. The Bertz CT molecular complexity index is 1050. The van der Waals surface area contributed by atoms with Crippen LogP contribution in [-0.2, 0) is 36.6 Å². The van der Waals surface area contributed by atoms with Gasteiger partial charge in [-0.3, -0.25) is 14.6 Å². The van der Waals surface area contributed by atoms with Crippen molar-refractivity contribution in [1.82, 2.24) is 14.6 Å². The lowest BCUT2D eigenvalue weighted by atomic mass is 10.00. The normalized spacial score (nSPS) is 18.6. The molecule has 3 atom stereocenters. The lowest BCUT2D eigenvalue weighted by Gasteiger charge is -2.34. The zero-order valence-electron chi connectivity index (χ0n) is 19.7. The Balaban J connectivity index is 1.71. The molecule has 3 rings (SSSR count). The van der Waals surface area contributed by atoms with E-state index >= 15 is 0 Å². The van der Waals surface area contributed by atoms with Crippen molar-refractivity contribution in [3.63, 3.8) is 0 Å². The van der Waals surface area contributed by atoms with Gasteiger partial charge in [-0.25, -0.2) is 8.42 Å². The molecule has 1 aliphatic heterocycles. The molecule has 8 nitrogen and oxygen atoms in total. The Kier molecular flexibility index (Phi) is 9.18. The van der Waals surface area contributed by atoms with Crippen LogP contribution in [0.2, 0.25) is 0 Å². The van der Waals surface area contributed by atoms with Crippen LogP contribution in [0.15, 0.2) is 54.9 Å². The van der Waals surface area contributed by atoms with Crippen molar-refractivity contribution in [3.8, 4) is 0 Å².